The number of aliphatic hydroxyl groups is 1. The average Bonchev–Trinajstić information content (AvgIpc) is 2.67. The van der Waals surface area contributed by atoms with Crippen molar-refractivity contribution in [3.8, 4) is 0 Å². The number of hydrogen-bond donors (Lipinski definition) is 1. The topological polar surface area (TPSA) is 53.7 Å². The van der Waals surface area contributed by atoms with E-state index in [1.807, 2.05) is 13.8 Å². The third-order valence-corrected chi connectivity index (χ3v) is 3.83. The zero-order chi connectivity index (χ0) is 13.3. The van der Waals surface area contributed by atoms with Crippen LogP contribution < -0.4 is 0 Å². The van der Waals surface area contributed by atoms with E-state index < -0.39 is 0 Å². The number of likely N-dealkylation sites (tertiary alicyclic amines) is 1. The summed E-state index contributed by atoms with van der Waals surface area (Å²) in [5, 5.41) is 9.48. The van der Waals surface area contributed by atoms with Crippen LogP contribution >= 0.6 is 0 Å². The highest BCUT2D eigenvalue weighted by molar-refractivity contribution is 5.95. The fourth-order valence-corrected chi connectivity index (χ4v) is 2.78. The minimum absolute atomic E-state index is 0.0186. The van der Waals surface area contributed by atoms with Crippen LogP contribution in [0.15, 0.2) is 10.5 Å². The van der Waals surface area contributed by atoms with Gasteiger partial charge in [0.15, 0.2) is 0 Å². The van der Waals surface area contributed by atoms with E-state index in [1.54, 1.807) is 11.0 Å². The van der Waals surface area contributed by atoms with Gasteiger partial charge in [-0.3, -0.25) is 4.79 Å². The number of aryl methyl sites for hydroxylation is 2. The maximum atomic E-state index is 12.5. The summed E-state index contributed by atoms with van der Waals surface area (Å²) < 4.78 is 5.41. The van der Waals surface area contributed by atoms with Crippen LogP contribution in [-0.2, 0) is 0 Å². The second-order valence-corrected chi connectivity index (χ2v) is 5.19. The molecule has 4 nitrogen and oxygen atoms in total. The van der Waals surface area contributed by atoms with Gasteiger partial charge in [-0.1, -0.05) is 6.92 Å². The first-order valence-corrected chi connectivity index (χ1v) is 6.53. The molecule has 1 aliphatic rings. The number of furan rings is 1. The molecule has 100 valence electrons. The van der Waals surface area contributed by atoms with Crippen LogP contribution in [0.3, 0.4) is 0 Å². The molecule has 2 heterocycles. The SMILES string of the molecule is Cc1cc(C(=O)N2CCCC(C)C2CO)c(C)o1. The van der Waals surface area contributed by atoms with Crippen molar-refractivity contribution in [1.82, 2.24) is 4.90 Å². The van der Waals surface area contributed by atoms with Crippen molar-refractivity contribution < 1.29 is 14.3 Å². The summed E-state index contributed by atoms with van der Waals surface area (Å²) >= 11 is 0. The van der Waals surface area contributed by atoms with Crippen LogP contribution in [0.25, 0.3) is 0 Å². The summed E-state index contributed by atoms with van der Waals surface area (Å²) in [6.45, 7) is 6.49. The van der Waals surface area contributed by atoms with Gasteiger partial charge in [0.05, 0.1) is 18.2 Å². The molecule has 0 aliphatic carbocycles. The van der Waals surface area contributed by atoms with Crippen molar-refractivity contribution in [2.75, 3.05) is 13.2 Å². The molecule has 0 saturated carbocycles. The molecule has 0 bridgehead atoms. The molecule has 2 rings (SSSR count). The standard InChI is InChI=1S/C14H21NO3/c1-9-5-4-6-15(13(9)8-16)14(17)12-7-10(2)18-11(12)3/h7,9,13,16H,4-6,8H2,1-3H3. The van der Waals surface area contributed by atoms with Crippen molar-refractivity contribution in [3.63, 3.8) is 0 Å². The van der Waals surface area contributed by atoms with E-state index in [2.05, 4.69) is 6.92 Å². The fraction of sp³-hybridized carbons (Fsp3) is 0.643. The molecule has 0 radical (unpaired) electrons. The van der Waals surface area contributed by atoms with E-state index >= 15 is 0 Å². The van der Waals surface area contributed by atoms with Gasteiger partial charge in [-0.25, -0.2) is 0 Å². The number of amides is 1. The molecular weight excluding hydrogens is 230 g/mol. The largest absolute Gasteiger partial charge is 0.466 e. The Morgan fingerprint density at radius 2 is 2.28 bits per heavy atom. The van der Waals surface area contributed by atoms with Gasteiger partial charge in [0, 0.05) is 6.54 Å². The third-order valence-electron chi connectivity index (χ3n) is 3.83. The Balaban J connectivity index is 2.24. The monoisotopic (exact) mass is 251 g/mol. The first-order valence-electron chi connectivity index (χ1n) is 6.53. The summed E-state index contributed by atoms with van der Waals surface area (Å²) in [6.07, 6.45) is 2.07. The lowest BCUT2D eigenvalue weighted by Gasteiger charge is -2.39. The Kier molecular flexibility index (Phi) is 3.76. The van der Waals surface area contributed by atoms with Gasteiger partial charge in [-0.15, -0.1) is 0 Å². The Bertz CT molecular complexity index is 438. The van der Waals surface area contributed by atoms with E-state index in [9.17, 15) is 9.90 Å². The number of nitrogens with zero attached hydrogens (tertiary/aromatic N) is 1. The first kappa shape index (κ1) is 13.1. The van der Waals surface area contributed by atoms with Gasteiger partial charge >= 0.3 is 0 Å². The summed E-state index contributed by atoms with van der Waals surface area (Å²) in [7, 11) is 0. The first-order chi connectivity index (χ1) is 8.54. The third kappa shape index (κ3) is 2.29. The Labute approximate surface area is 108 Å². The number of carbonyl (C=O) groups excluding carboxylic acids is 1. The summed E-state index contributed by atoms with van der Waals surface area (Å²) in [4.78, 5) is 14.3. The van der Waals surface area contributed by atoms with E-state index in [4.69, 9.17) is 4.42 Å². The molecule has 1 aliphatic heterocycles. The predicted octanol–water partition coefficient (Wildman–Crippen LogP) is 2.13. The van der Waals surface area contributed by atoms with Crippen LogP contribution in [0.2, 0.25) is 0 Å². The van der Waals surface area contributed by atoms with Crippen molar-refractivity contribution in [1.29, 1.82) is 0 Å². The molecule has 1 saturated heterocycles. The minimum Gasteiger partial charge on any atom is -0.466 e. The molecule has 1 aromatic heterocycles. The fourth-order valence-electron chi connectivity index (χ4n) is 2.78. The van der Waals surface area contributed by atoms with Crippen molar-refractivity contribution in [2.45, 2.75) is 39.7 Å². The van der Waals surface area contributed by atoms with Crippen LogP contribution in [-0.4, -0.2) is 35.1 Å². The highest BCUT2D eigenvalue weighted by atomic mass is 16.3. The van der Waals surface area contributed by atoms with Crippen molar-refractivity contribution in [3.05, 3.63) is 23.2 Å². The summed E-state index contributed by atoms with van der Waals surface area (Å²) in [6, 6.07) is 1.71. The molecule has 1 aromatic rings. The lowest BCUT2D eigenvalue weighted by molar-refractivity contribution is 0.0357. The molecule has 0 aromatic carbocycles. The second-order valence-electron chi connectivity index (χ2n) is 5.19. The van der Waals surface area contributed by atoms with Gasteiger partial charge in [0.1, 0.15) is 11.5 Å². The van der Waals surface area contributed by atoms with Gasteiger partial charge in [-0.05, 0) is 38.7 Å². The van der Waals surface area contributed by atoms with E-state index in [0.29, 0.717) is 17.2 Å². The molecule has 0 spiro atoms. The molecule has 2 unspecified atom stereocenters. The second kappa shape index (κ2) is 5.14. The molecule has 1 fully saturated rings. The lowest BCUT2D eigenvalue weighted by Crippen LogP contribution is -2.49. The van der Waals surface area contributed by atoms with Gasteiger partial charge < -0.3 is 14.4 Å². The zero-order valence-corrected chi connectivity index (χ0v) is 11.3. The van der Waals surface area contributed by atoms with Crippen LogP contribution in [0.1, 0.15) is 41.6 Å². The Morgan fingerprint density at radius 1 is 1.56 bits per heavy atom. The van der Waals surface area contributed by atoms with Crippen LogP contribution in [0.5, 0.6) is 0 Å². The molecular formula is C14H21NO3. The van der Waals surface area contributed by atoms with Crippen molar-refractivity contribution in [2.24, 2.45) is 5.92 Å². The van der Waals surface area contributed by atoms with E-state index in [-0.39, 0.29) is 18.6 Å². The molecule has 1 N–H and O–H groups in total. The number of rotatable bonds is 2. The quantitative estimate of drug-likeness (QED) is 0.876. The molecule has 18 heavy (non-hydrogen) atoms. The highest BCUT2D eigenvalue weighted by Crippen LogP contribution is 2.26. The van der Waals surface area contributed by atoms with E-state index in [1.165, 1.54) is 0 Å². The van der Waals surface area contributed by atoms with Crippen LogP contribution in [0, 0.1) is 19.8 Å². The van der Waals surface area contributed by atoms with Gasteiger partial charge in [0.2, 0.25) is 0 Å². The minimum atomic E-state index is -0.0687. The number of piperidine rings is 1. The van der Waals surface area contributed by atoms with Crippen LogP contribution in [0.4, 0.5) is 0 Å². The Hall–Kier alpha value is -1.29. The van der Waals surface area contributed by atoms with Crippen molar-refractivity contribution >= 4 is 5.91 Å². The molecule has 2 atom stereocenters. The highest BCUT2D eigenvalue weighted by Gasteiger charge is 2.32. The van der Waals surface area contributed by atoms with Gasteiger partial charge in [-0.2, -0.15) is 0 Å². The molecule has 1 amide bonds. The normalized spacial score (nSPS) is 24.3. The predicted molar refractivity (Wildman–Crippen MR) is 68.5 cm³/mol. The smallest absolute Gasteiger partial charge is 0.257 e. The maximum absolute atomic E-state index is 12.5. The Morgan fingerprint density at radius 3 is 2.83 bits per heavy atom. The number of aliphatic hydroxyl groups excluding tert-OH is 1. The zero-order valence-electron chi connectivity index (χ0n) is 11.3. The van der Waals surface area contributed by atoms with Gasteiger partial charge in [0.25, 0.3) is 5.91 Å². The maximum Gasteiger partial charge on any atom is 0.257 e. The summed E-state index contributed by atoms with van der Waals surface area (Å²) in [5.41, 5.74) is 0.625. The number of carbonyl (C=O) groups is 1. The number of hydrogen-bond acceptors (Lipinski definition) is 3. The lowest BCUT2D eigenvalue weighted by atomic mass is 9.90. The average molecular weight is 251 g/mol. The van der Waals surface area contributed by atoms with E-state index in [0.717, 1.165) is 25.1 Å². The summed E-state index contributed by atoms with van der Waals surface area (Å²) in [5.74, 6) is 1.74. The molecule has 4 heteroatoms.